The van der Waals surface area contributed by atoms with Gasteiger partial charge in [-0.25, -0.2) is 0 Å². The zero-order chi connectivity index (χ0) is 14.9. The first-order valence-corrected chi connectivity index (χ1v) is 6.04. The summed E-state index contributed by atoms with van der Waals surface area (Å²) < 4.78 is 0. The number of hydrogen-bond acceptors (Lipinski definition) is 4. The highest BCUT2D eigenvalue weighted by molar-refractivity contribution is 6.36. The van der Waals surface area contributed by atoms with E-state index in [2.05, 4.69) is 0 Å². The van der Waals surface area contributed by atoms with E-state index in [9.17, 15) is 20.2 Å². The fourth-order valence-corrected chi connectivity index (χ4v) is 2.11. The van der Waals surface area contributed by atoms with Crippen molar-refractivity contribution in [2.45, 2.75) is 0 Å². The summed E-state index contributed by atoms with van der Waals surface area (Å²) in [5.41, 5.74) is 0.197. The topological polar surface area (TPSA) is 86.3 Å². The Morgan fingerprint density at radius 3 is 1.40 bits per heavy atom. The Balaban J connectivity index is 2.67. The lowest BCUT2D eigenvalue weighted by Gasteiger charge is -2.06. The Labute approximate surface area is 122 Å². The summed E-state index contributed by atoms with van der Waals surface area (Å²) in [5.74, 6) is 0. The van der Waals surface area contributed by atoms with Crippen molar-refractivity contribution in [3.63, 3.8) is 0 Å². The van der Waals surface area contributed by atoms with Crippen LogP contribution < -0.4 is 0 Å². The molecule has 0 radical (unpaired) electrons. The molecule has 0 saturated carbocycles. The molecule has 0 spiro atoms. The van der Waals surface area contributed by atoms with Gasteiger partial charge in [0.15, 0.2) is 0 Å². The predicted octanol–water partition coefficient (Wildman–Crippen LogP) is 4.48. The van der Waals surface area contributed by atoms with Gasteiger partial charge < -0.3 is 0 Å². The highest BCUT2D eigenvalue weighted by atomic mass is 35.5. The molecule has 0 amide bonds. The van der Waals surface area contributed by atoms with Gasteiger partial charge in [0.05, 0.1) is 9.85 Å². The highest BCUT2D eigenvalue weighted by Crippen LogP contribution is 2.37. The van der Waals surface area contributed by atoms with E-state index < -0.39 is 9.85 Å². The largest absolute Gasteiger partial charge is 0.270 e. The van der Waals surface area contributed by atoms with E-state index in [1.165, 1.54) is 36.4 Å². The number of hydrogen-bond donors (Lipinski definition) is 0. The molecule has 102 valence electrons. The highest BCUT2D eigenvalue weighted by Gasteiger charge is 2.16. The molecule has 0 bridgehead atoms. The second-order valence-corrected chi connectivity index (χ2v) is 4.66. The van der Waals surface area contributed by atoms with Crippen molar-refractivity contribution in [1.29, 1.82) is 0 Å². The van der Waals surface area contributed by atoms with E-state index in [1.807, 2.05) is 0 Å². The van der Waals surface area contributed by atoms with Gasteiger partial charge in [0.2, 0.25) is 0 Å². The van der Waals surface area contributed by atoms with Crippen LogP contribution in [-0.2, 0) is 0 Å². The molecular weight excluding hydrogens is 307 g/mol. The molecule has 2 rings (SSSR count). The van der Waals surface area contributed by atoms with Crippen LogP contribution in [0.25, 0.3) is 11.1 Å². The maximum Gasteiger partial charge on any atom is 0.270 e. The predicted molar refractivity (Wildman–Crippen MR) is 75.2 cm³/mol. The van der Waals surface area contributed by atoms with Crippen molar-refractivity contribution in [3.05, 3.63) is 66.7 Å². The molecule has 20 heavy (non-hydrogen) atoms. The van der Waals surface area contributed by atoms with Crippen LogP contribution in [0.2, 0.25) is 10.0 Å². The van der Waals surface area contributed by atoms with Crippen molar-refractivity contribution in [1.82, 2.24) is 0 Å². The SMILES string of the molecule is O=[N+]([O-])c1ccc(Cl)c(-c2cc([N+](=O)[O-])ccc2Cl)c1. The maximum atomic E-state index is 10.8. The first kappa shape index (κ1) is 14.2. The van der Waals surface area contributed by atoms with Crippen LogP contribution in [0.1, 0.15) is 0 Å². The van der Waals surface area contributed by atoms with Crippen molar-refractivity contribution >= 4 is 34.6 Å². The van der Waals surface area contributed by atoms with E-state index >= 15 is 0 Å². The van der Waals surface area contributed by atoms with Crippen molar-refractivity contribution in [2.24, 2.45) is 0 Å². The molecule has 2 aromatic carbocycles. The maximum absolute atomic E-state index is 10.8. The van der Waals surface area contributed by atoms with Crippen molar-refractivity contribution < 1.29 is 9.85 Å². The Morgan fingerprint density at radius 1 is 0.750 bits per heavy atom. The number of nitro benzene ring substituents is 2. The molecule has 2 aromatic rings. The summed E-state index contributed by atoms with van der Waals surface area (Å²) in [6.07, 6.45) is 0. The third kappa shape index (κ3) is 2.71. The fourth-order valence-electron chi connectivity index (χ4n) is 1.67. The molecule has 0 unspecified atom stereocenters. The average Bonchev–Trinajstić information content (AvgIpc) is 2.39. The van der Waals surface area contributed by atoms with Gasteiger partial charge in [-0.05, 0) is 12.1 Å². The minimum Gasteiger partial charge on any atom is -0.258 e. The molecule has 0 fully saturated rings. The van der Waals surface area contributed by atoms with Gasteiger partial charge in [0.25, 0.3) is 11.4 Å². The molecule has 0 heterocycles. The lowest BCUT2D eigenvalue weighted by atomic mass is 10.0. The van der Waals surface area contributed by atoms with Gasteiger partial charge >= 0.3 is 0 Å². The molecule has 6 nitrogen and oxygen atoms in total. The van der Waals surface area contributed by atoms with E-state index in [4.69, 9.17) is 23.2 Å². The van der Waals surface area contributed by atoms with Gasteiger partial charge in [-0.2, -0.15) is 0 Å². The molecule has 0 atom stereocenters. The number of benzene rings is 2. The Hall–Kier alpha value is -2.18. The van der Waals surface area contributed by atoms with E-state index in [0.717, 1.165) is 0 Å². The average molecular weight is 313 g/mol. The normalized spacial score (nSPS) is 10.3. The van der Waals surface area contributed by atoms with E-state index in [0.29, 0.717) is 0 Å². The minimum atomic E-state index is -0.578. The van der Waals surface area contributed by atoms with Gasteiger partial charge in [-0.1, -0.05) is 23.2 Å². The summed E-state index contributed by atoms with van der Waals surface area (Å²) in [7, 11) is 0. The summed E-state index contributed by atoms with van der Waals surface area (Å²) in [5, 5.41) is 22.0. The lowest BCUT2D eigenvalue weighted by Crippen LogP contribution is -1.92. The van der Waals surface area contributed by atoms with Gasteiger partial charge in [0, 0.05) is 45.4 Å². The van der Waals surface area contributed by atoms with Crippen molar-refractivity contribution in [3.8, 4) is 11.1 Å². The second kappa shape index (κ2) is 5.44. The molecule has 0 saturated heterocycles. The second-order valence-electron chi connectivity index (χ2n) is 3.84. The summed E-state index contributed by atoms with van der Waals surface area (Å²) >= 11 is 12.0. The Kier molecular flexibility index (Phi) is 3.87. The van der Waals surface area contributed by atoms with Crippen LogP contribution in [0.15, 0.2) is 36.4 Å². The third-order valence-corrected chi connectivity index (χ3v) is 3.27. The number of halogens is 2. The third-order valence-electron chi connectivity index (χ3n) is 2.61. The van der Waals surface area contributed by atoms with Crippen LogP contribution in [0.4, 0.5) is 11.4 Å². The molecule has 0 aliphatic carbocycles. The smallest absolute Gasteiger partial charge is 0.258 e. The molecule has 8 heteroatoms. The van der Waals surface area contributed by atoms with Gasteiger partial charge in [0.1, 0.15) is 0 Å². The summed E-state index contributed by atoms with van der Waals surface area (Å²) in [4.78, 5) is 20.4. The van der Waals surface area contributed by atoms with Gasteiger partial charge in [-0.3, -0.25) is 20.2 Å². The quantitative estimate of drug-likeness (QED) is 0.617. The fraction of sp³-hybridized carbons (Fsp3) is 0. The van der Waals surface area contributed by atoms with Crippen LogP contribution in [0, 0.1) is 20.2 Å². The minimum absolute atomic E-state index is 0.174. The first-order valence-electron chi connectivity index (χ1n) is 5.28. The Morgan fingerprint density at radius 2 is 1.10 bits per heavy atom. The molecule has 0 N–H and O–H groups in total. The zero-order valence-corrected chi connectivity index (χ0v) is 11.3. The first-order chi connectivity index (χ1) is 9.40. The molecule has 0 aliphatic heterocycles. The summed E-state index contributed by atoms with van der Waals surface area (Å²) in [6, 6.07) is 7.66. The number of nitrogens with zero attached hydrogens (tertiary/aromatic N) is 2. The molecule has 0 aliphatic rings. The summed E-state index contributed by atoms with van der Waals surface area (Å²) in [6.45, 7) is 0. The zero-order valence-electron chi connectivity index (χ0n) is 9.75. The number of non-ortho nitro benzene ring substituents is 2. The Bertz CT molecular complexity index is 657. The van der Waals surface area contributed by atoms with Crippen molar-refractivity contribution in [2.75, 3.05) is 0 Å². The van der Waals surface area contributed by atoms with Gasteiger partial charge in [-0.15, -0.1) is 0 Å². The van der Waals surface area contributed by atoms with Crippen LogP contribution >= 0.6 is 23.2 Å². The monoisotopic (exact) mass is 312 g/mol. The standard InChI is InChI=1S/C12H6Cl2N2O4/c13-11-3-1-7(15(17)18)5-9(11)10-6-8(16(19)20)2-4-12(10)14/h1-6H. The van der Waals surface area contributed by atoms with E-state index in [1.54, 1.807) is 0 Å². The lowest BCUT2D eigenvalue weighted by molar-refractivity contribution is -0.385. The molecule has 0 aromatic heterocycles. The van der Waals surface area contributed by atoms with Crippen LogP contribution in [0.5, 0.6) is 0 Å². The van der Waals surface area contributed by atoms with E-state index in [-0.39, 0.29) is 32.5 Å². The van der Waals surface area contributed by atoms with Crippen LogP contribution in [0.3, 0.4) is 0 Å². The van der Waals surface area contributed by atoms with Crippen LogP contribution in [-0.4, -0.2) is 9.85 Å². The number of rotatable bonds is 3. The number of nitro groups is 2. The molecular formula is C12H6Cl2N2O4.